The summed E-state index contributed by atoms with van der Waals surface area (Å²) in [7, 11) is 1.61. The Kier molecular flexibility index (Phi) is 3.93. The van der Waals surface area contributed by atoms with Gasteiger partial charge in [-0.3, -0.25) is 9.69 Å². The fourth-order valence-electron chi connectivity index (χ4n) is 2.27. The van der Waals surface area contributed by atoms with E-state index < -0.39 is 5.25 Å². The molecule has 1 atom stereocenters. The molecule has 2 heterocycles. The van der Waals surface area contributed by atoms with Crippen LogP contribution in [0.5, 0.6) is 5.75 Å². The fraction of sp³-hybridized carbons (Fsp3) is 0.357. The van der Waals surface area contributed by atoms with Gasteiger partial charge in [-0.05, 0) is 19.1 Å². The second-order valence-corrected chi connectivity index (χ2v) is 6.24. The first-order valence-corrected chi connectivity index (χ1v) is 7.76. The number of thioether (sulfide) groups is 1. The first-order valence-electron chi connectivity index (χ1n) is 6.88. The van der Waals surface area contributed by atoms with Gasteiger partial charge in [-0.25, -0.2) is 9.78 Å². The van der Waals surface area contributed by atoms with Gasteiger partial charge in [0.1, 0.15) is 5.75 Å². The fourth-order valence-corrected chi connectivity index (χ4v) is 3.15. The Morgan fingerprint density at radius 2 is 2.32 bits per heavy atom. The number of methoxy groups -OCH3 is 1. The maximum Gasteiger partial charge on any atom is 0.324 e. The number of fused-ring (bicyclic) bond motifs is 1. The molecule has 7 nitrogen and oxygen atoms in total. The van der Waals surface area contributed by atoms with Crippen LogP contribution >= 0.6 is 11.8 Å². The van der Waals surface area contributed by atoms with Gasteiger partial charge in [0.05, 0.1) is 23.4 Å². The van der Waals surface area contributed by atoms with E-state index in [1.54, 1.807) is 14.0 Å². The summed E-state index contributed by atoms with van der Waals surface area (Å²) in [5.41, 5.74) is 1.65. The molecule has 0 saturated carbocycles. The minimum Gasteiger partial charge on any atom is -0.497 e. The first kappa shape index (κ1) is 14.7. The summed E-state index contributed by atoms with van der Waals surface area (Å²) in [6.07, 6.45) is 0. The van der Waals surface area contributed by atoms with Crippen LogP contribution in [0.1, 0.15) is 6.92 Å². The number of imide groups is 1. The van der Waals surface area contributed by atoms with Gasteiger partial charge in [0, 0.05) is 19.2 Å². The van der Waals surface area contributed by atoms with Crippen LogP contribution in [0, 0.1) is 0 Å². The first-order chi connectivity index (χ1) is 10.6. The average molecular weight is 320 g/mol. The summed E-state index contributed by atoms with van der Waals surface area (Å²) in [5, 5.41) is 2.87. The number of benzene rings is 1. The monoisotopic (exact) mass is 320 g/mol. The molecule has 1 aromatic carbocycles. The van der Waals surface area contributed by atoms with Gasteiger partial charge in [-0.2, -0.15) is 0 Å². The van der Waals surface area contributed by atoms with E-state index in [1.165, 1.54) is 16.7 Å². The van der Waals surface area contributed by atoms with E-state index in [9.17, 15) is 9.59 Å². The van der Waals surface area contributed by atoms with Crippen molar-refractivity contribution in [3.05, 3.63) is 18.2 Å². The third-order valence-electron chi connectivity index (χ3n) is 3.43. The molecular formula is C14H16N4O3S. The van der Waals surface area contributed by atoms with E-state index in [0.717, 1.165) is 16.8 Å². The number of rotatable bonds is 4. The Labute approximate surface area is 131 Å². The Balaban J connectivity index is 1.74. The molecule has 116 valence electrons. The van der Waals surface area contributed by atoms with Crippen LogP contribution < -0.4 is 10.1 Å². The molecule has 1 aromatic heterocycles. The number of imidazole rings is 1. The molecule has 0 aliphatic carbocycles. The van der Waals surface area contributed by atoms with Crippen molar-refractivity contribution in [1.82, 2.24) is 20.2 Å². The molecule has 2 N–H and O–H groups in total. The molecule has 3 amide bonds. The number of urea groups is 1. The van der Waals surface area contributed by atoms with Crippen molar-refractivity contribution >= 4 is 34.7 Å². The van der Waals surface area contributed by atoms with E-state index >= 15 is 0 Å². The van der Waals surface area contributed by atoms with Crippen molar-refractivity contribution in [1.29, 1.82) is 0 Å². The van der Waals surface area contributed by atoms with Crippen molar-refractivity contribution in [2.45, 2.75) is 17.3 Å². The molecule has 0 bridgehead atoms. The highest BCUT2D eigenvalue weighted by Gasteiger charge is 2.30. The molecule has 1 aliphatic rings. The van der Waals surface area contributed by atoms with Crippen molar-refractivity contribution in [3.63, 3.8) is 0 Å². The number of amides is 3. The summed E-state index contributed by atoms with van der Waals surface area (Å²) in [4.78, 5) is 32.6. The summed E-state index contributed by atoms with van der Waals surface area (Å²) >= 11 is 1.30. The number of carbonyl (C=O) groups excluding carboxylic acids is 2. The van der Waals surface area contributed by atoms with Gasteiger partial charge in [0.25, 0.3) is 0 Å². The van der Waals surface area contributed by atoms with Gasteiger partial charge >= 0.3 is 6.03 Å². The highest BCUT2D eigenvalue weighted by molar-refractivity contribution is 8.00. The maximum absolute atomic E-state index is 12.3. The summed E-state index contributed by atoms with van der Waals surface area (Å²) in [5.74, 6) is 0.531. The van der Waals surface area contributed by atoms with Crippen molar-refractivity contribution in [2.75, 3.05) is 20.2 Å². The number of ether oxygens (including phenoxy) is 1. The van der Waals surface area contributed by atoms with Crippen LogP contribution in [0.2, 0.25) is 0 Å². The van der Waals surface area contributed by atoms with Gasteiger partial charge in [-0.15, -0.1) is 0 Å². The number of aromatic nitrogens is 2. The average Bonchev–Trinajstić information content (AvgIpc) is 3.10. The predicted octanol–water partition coefficient (Wildman–Crippen LogP) is 1.60. The third kappa shape index (κ3) is 2.74. The number of carbonyl (C=O) groups is 2. The van der Waals surface area contributed by atoms with Crippen LogP contribution in [0.3, 0.4) is 0 Å². The number of aromatic amines is 1. The lowest BCUT2D eigenvalue weighted by Gasteiger charge is -2.16. The zero-order valence-corrected chi connectivity index (χ0v) is 13.1. The van der Waals surface area contributed by atoms with E-state index in [-0.39, 0.29) is 11.9 Å². The molecular weight excluding hydrogens is 304 g/mol. The minimum absolute atomic E-state index is 0.210. The lowest BCUT2D eigenvalue weighted by atomic mass is 10.3. The Bertz CT molecular complexity index is 730. The smallest absolute Gasteiger partial charge is 0.324 e. The molecule has 8 heteroatoms. The molecule has 1 unspecified atom stereocenters. The van der Waals surface area contributed by atoms with Crippen LogP contribution in [0.15, 0.2) is 23.4 Å². The van der Waals surface area contributed by atoms with Gasteiger partial charge in [0.15, 0.2) is 5.16 Å². The lowest BCUT2D eigenvalue weighted by Crippen LogP contribution is -2.38. The molecule has 1 fully saturated rings. The summed E-state index contributed by atoms with van der Waals surface area (Å²) in [6, 6.07) is 5.22. The number of nitrogens with one attached hydrogen (secondary N) is 2. The third-order valence-corrected chi connectivity index (χ3v) is 4.40. The lowest BCUT2D eigenvalue weighted by molar-refractivity contribution is -0.126. The van der Waals surface area contributed by atoms with Crippen LogP contribution in [0.4, 0.5) is 4.79 Å². The van der Waals surface area contributed by atoms with Crippen molar-refractivity contribution < 1.29 is 14.3 Å². The minimum atomic E-state index is -0.397. The Hall–Kier alpha value is -2.22. The molecule has 2 aromatic rings. The quantitative estimate of drug-likeness (QED) is 0.836. The standard InChI is InChI=1S/C14H16N4O3S/c1-8(12(19)18-6-5-15-14(18)20)22-13-16-10-4-3-9(21-2)7-11(10)17-13/h3-4,7-8H,5-6H2,1-2H3,(H,15,20)(H,16,17). The normalized spacial score (nSPS) is 15.9. The largest absolute Gasteiger partial charge is 0.497 e. The molecule has 1 aliphatic heterocycles. The van der Waals surface area contributed by atoms with Crippen LogP contribution in [-0.2, 0) is 4.79 Å². The van der Waals surface area contributed by atoms with E-state index in [2.05, 4.69) is 15.3 Å². The Morgan fingerprint density at radius 1 is 1.50 bits per heavy atom. The van der Waals surface area contributed by atoms with Crippen LogP contribution in [0.25, 0.3) is 11.0 Å². The highest BCUT2D eigenvalue weighted by atomic mass is 32.2. The van der Waals surface area contributed by atoms with E-state index in [4.69, 9.17) is 4.74 Å². The maximum atomic E-state index is 12.3. The number of hydrogen-bond donors (Lipinski definition) is 2. The molecule has 22 heavy (non-hydrogen) atoms. The van der Waals surface area contributed by atoms with Crippen molar-refractivity contribution in [3.8, 4) is 5.75 Å². The van der Waals surface area contributed by atoms with E-state index in [0.29, 0.717) is 18.2 Å². The van der Waals surface area contributed by atoms with E-state index in [1.807, 2.05) is 18.2 Å². The predicted molar refractivity (Wildman–Crippen MR) is 83.1 cm³/mol. The number of hydrogen-bond acceptors (Lipinski definition) is 5. The second kappa shape index (κ2) is 5.88. The zero-order chi connectivity index (χ0) is 15.7. The second-order valence-electron chi connectivity index (χ2n) is 4.91. The van der Waals surface area contributed by atoms with Gasteiger partial charge < -0.3 is 15.0 Å². The van der Waals surface area contributed by atoms with Gasteiger partial charge in [-0.1, -0.05) is 11.8 Å². The highest BCUT2D eigenvalue weighted by Crippen LogP contribution is 2.26. The Morgan fingerprint density at radius 3 is 3.00 bits per heavy atom. The zero-order valence-electron chi connectivity index (χ0n) is 12.3. The van der Waals surface area contributed by atoms with Gasteiger partial charge in [0.2, 0.25) is 5.91 Å². The summed E-state index contributed by atoms with van der Waals surface area (Å²) in [6.45, 7) is 2.69. The molecule has 1 saturated heterocycles. The molecule has 0 spiro atoms. The number of nitrogens with zero attached hydrogens (tertiary/aromatic N) is 2. The topological polar surface area (TPSA) is 87.3 Å². The number of H-pyrrole nitrogens is 1. The van der Waals surface area contributed by atoms with Crippen LogP contribution in [-0.4, -0.2) is 52.3 Å². The SMILES string of the molecule is COc1ccc2nc(SC(C)C(=O)N3CCNC3=O)[nH]c2c1. The molecule has 3 rings (SSSR count). The van der Waals surface area contributed by atoms with Crippen molar-refractivity contribution in [2.24, 2.45) is 0 Å². The molecule has 0 radical (unpaired) electrons. The summed E-state index contributed by atoms with van der Waals surface area (Å²) < 4.78 is 5.17.